The van der Waals surface area contributed by atoms with Crippen molar-refractivity contribution in [3.8, 4) is 0 Å². The molecule has 0 radical (unpaired) electrons. The van der Waals surface area contributed by atoms with Crippen LogP contribution in [-0.4, -0.2) is 6.04 Å². The van der Waals surface area contributed by atoms with Crippen molar-refractivity contribution >= 4 is 5.69 Å². The van der Waals surface area contributed by atoms with E-state index >= 15 is 0 Å². The number of anilines is 1. The quantitative estimate of drug-likeness (QED) is 0.606. The van der Waals surface area contributed by atoms with E-state index in [0.29, 0.717) is 12.0 Å². The minimum Gasteiger partial charge on any atom is -0.378 e. The highest BCUT2D eigenvalue weighted by Crippen LogP contribution is 2.48. The van der Waals surface area contributed by atoms with Crippen molar-refractivity contribution in [3.63, 3.8) is 0 Å². The Morgan fingerprint density at radius 3 is 2.54 bits per heavy atom. The highest BCUT2D eigenvalue weighted by Gasteiger charge is 2.39. The second-order valence-corrected chi connectivity index (χ2v) is 8.52. The Bertz CT molecular complexity index is 644. The van der Waals surface area contributed by atoms with Crippen molar-refractivity contribution in [2.45, 2.75) is 77.7 Å². The zero-order valence-corrected chi connectivity index (χ0v) is 16.0. The van der Waals surface area contributed by atoms with Gasteiger partial charge in [-0.1, -0.05) is 64.0 Å². The Labute approximate surface area is 148 Å². The fourth-order valence-electron chi connectivity index (χ4n) is 4.59. The molecule has 1 nitrogen and oxygen atoms in total. The third kappa shape index (κ3) is 3.18. The summed E-state index contributed by atoms with van der Waals surface area (Å²) >= 11 is 0. The third-order valence-electron chi connectivity index (χ3n) is 5.93. The molecule has 1 aromatic rings. The molecule has 1 aliphatic heterocycles. The van der Waals surface area contributed by atoms with Crippen LogP contribution in [0.2, 0.25) is 0 Å². The lowest BCUT2D eigenvalue weighted by atomic mass is 9.67. The molecule has 0 saturated heterocycles. The van der Waals surface area contributed by atoms with Crippen molar-refractivity contribution in [2.24, 2.45) is 5.92 Å². The Balaban J connectivity index is 2.04. The van der Waals surface area contributed by atoms with Gasteiger partial charge >= 0.3 is 0 Å². The molecule has 1 aromatic carbocycles. The summed E-state index contributed by atoms with van der Waals surface area (Å²) < 4.78 is 0. The van der Waals surface area contributed by atoms with Crippen LogP contribution in [-0.2, 0) is 5.41 Å². The van der Waals surface area contributed by atoms with Gasteiger partial charge in [-0.15, -0.1) is 0 Å². The first-order valence-corrected chi connectivity index (χ1v) is 9.65. The molecule has 1 saturated carbocycles. The van der Waals surface area contributed by atoms with E-state index in [1.54, 1.807) is 5.56 Å². The maximum Gasteiger partial charge on any atom is 0.0544 e. The Morgan fingerprint density at radius 1 is 1.12 bits per heavy atom. The van der Waals surface area contributed by atoms with Gasteiger partial charge in [0, 0.05) is 5.69 Å². The first kappa shape index (κ1) is 17.3. The van der Waals surface area contributed by atoms with Crippen LogP contribution < -0.4 is 5.32 Å². The molecule has 1 heterocycles. The Kier molecular flexibility index (Phi) is 4.90. The summed E-state index contributed by atoms with van der Waals surface area (Å²) in [6.07, 6.45) is 12.2. The van der Waals surface area contributed by atoms with Gasteiger partial charge in [0.25, 0.3) is 0 Å². The molecule has 1 N–H and O–H groups in total. The van der Waals surface area contributed by atoms with E-state index in [2.05, 4.69) is 76.4 Å². The van der Waals surface area contributed by atoms with E-state index in [1.807, 2.05) is 0 Å². The molecule has 0 spiro atoms. The van der Waals surface area contributed by atoms with Gasteiger partial charge in [-0.2, -0.15) is 0 Å². The monoisotopic (exact) mass is 323 g/mol. The van der Waals surface area contributed by atoms with Gasteiger partial charge in [-0.25, -0.2) is 0 Å². The van der Waals surface area contributed by atoms with Crippen molar-refractivity contribution in [1.29, 1.82) is 0 Å². The number of fused-ring (bicyclic) bond motifs is 3. The molecule has 0 amide bonds. The average molecular weight is 324 g/mol. The lowest BCUT2D eigenvalue weighted by molar-refractivity contribution is 0.281. The normalized spacial score (nSPS) is 27.5. The van der Waals surface area contributed by atoms with Gasteiger partial charge < -0.3 is 5.32 Å². The highest BCUT2D eigenvalue weighted by atomic mass is 15.0. The number of benzene rings is 1. The van der Waals surface area contributed by atoms with Gasteiger partial charge in [0.2, 0.25) is 0 Å². The van der Waals surface area contributed by atoms with E-state index < -0.39 is 0 Å². The number of nitrogens with one attached hydrogen (secondary N) is 1. The standard InChI is InChI=1S/C23H33N/c1-6-10-16(7-2)22-19-12-9-8-11-18(19)20-15-17(23(3,4)5)13-14-21(20)24-22/h6-7,10,13-15,18-19,22,24H,8-9,11-12H2,1-5H3/b10-6-,16-7+/t18?,19?,22-/m0/s1. The van der Waals surface area contributed by atoms with Crippen LogP contribution in [0.5, 0.6) is 0 Å². The van der Waals surface area contributed by atoms with Crippen molar-refractivity contribution < 1.29 is 0 Å². The predicted octanol–water partition coefficient (Wildman–Crippen LogP) is 6.57. The van der Waals surface area contributed by atoms with Crippen molar-refractivity contribution in [2.75, 3.05) is 5.32 Å². The molecule has 2 aliphatic rings. The summed E-state index contributed by atoms with van der Waals surface area (Å²) in [6.45, 7) is 11.2. The molecular weight excluding hydrogens is 290 g/mol. The van der Waals surface area contributed by atoms with E-state index in [0.717, 1.165) is 5.92 Å². The van der Waals surface area contributed by atoms with Crippen molar-refractivity contribution in [3.05, 3.63) is 53.1 Å². The maximum absolute atomic E-state index is 3.89. The van der Waals surface area contributed by atoms with E-state index in [-0.39, 0.29) is 5.41 Å². The summed E-state index contributed by atoms with van der Waals surface area (Å²) in [4.78, 5) is 0. The molecule has 24 heavy (non-hydrogen) atoms. The summed E-state index contributed by atoms with van der Waals surface area (Å²) in [5.74, 6) is 1.44. The van der Waals surface area contributed by atoms with Crippen LogP contribution in [0.1, 0.15) is 77.3 Å². The maximum atomic E-state index is 3.89. The predicted molar refractivity (Wildman–Crippen MR) is 106 cm³/mol. The van der Waals surface area contributed by atoms with Crippen LogP contribution in [0.15, 0.2) is 42.0 Å². The van der Waals surface area contributed by atoms with Gasteiger partial charge in [0.05, 0.1) is 6.04 Å². The molecule has 1 heteroatoms. The number of hydrogen-bond acceptors (Lipinski definition) is 1. The second kappa shape index (κ2) is 6.78. The van der Waals surface area contributed by atoms with Crippen LogP contribution >= 0.6 is 0 Å². The number of hydrogen-bond donors (Lipinski definition) is 1. The van der Waals surface area contributed by atoms with Crippen molar-refractivity contribution in [1.82, 2.24) is 0 Å². The minimum atomic E-state index is 0.218. The lowest BCUT2D eigenvalue weighted by Gasteiger charge is -2.44. The smallest absolute Gasteiger partial charge is 0.0544 e. The van der Waals surface area contributed by atoms with Gasteiger partial charge in [-0.3, -0.25) is 0 Å². The summed E-state index contributed by atoms with van der Waals surface area (Å²) in [7, 11) is 0. The fourth-order valence-corrected chi connectivity index (χ4v) is 4.59. The summed E-state index contributed by atoms with van der Waals surface area (Å²) in [5.41, 5.74) is 6.06. The molecule has 0 aromatic heterocycles. The number of rotatable bonds is 2. The molecule has 1 fully saturated rings. The van der Waals surface area contributed by atoms with Gasteiger partial charge in [0.1, 0.15) is 0 Å². The topological polar surface area (TPSA) is 12.0 Å². The molecule has 130 valence electrons. The average Bonchev–Trinajstić information content (AvgIpc) is 2.58. The lowest BCUT2D eigenvalue weighted by Crippen LogP contribution is -2.40. The van der Waals surface area contributed by atoms with E-state index in [1.165, 1.54) is 42.5 Å². The van der Waals surface area contributed by atoms with Crippen LogP contribution in [0.25, 0.3) is 0 Å². The molecule has 2 unspecified atom stereocenters. The largest absolute Gasteiger partial charge is 0.378 e. The van der Waals surface area contributed by atoms with Crippen LogP contribution in [0, 0.1) is 5.92 Å². The molecule has 3 atom stereocenters. The first-order chi connectivity index (χ1) is 11.5. The second-order valence-electron chi connectivity index (χ2n) is 8.52. The van der Waals surface area contributed by atoms with E-state index in [4.69, 9.17) is 0 Å². The van der Waals surface area contributed by atoms with Crippen LogP contribution in [0.3, 0.4) is 0 Å². The zero-order chi connectivity index (χ0) is 17.3. The Hall–Kier alpha value is -1.50. The van der Waals surface area contributed by atoms with Gasteiger partial charge in [0.15, 0.2) is 0 Å². The SMILES string of the molecule is C/C=C\C(=C/C)[C@@H]1Nc2ccc(C(C)(C)C)cc2C2CCCCC21. The summed E-state index contributed by atoms with van der Waals surface area (Å²) in [6, 6.07) is 7.60. The fraction of sp³-hybridized carbons (Fsp3) is 0.565. The van der Waals surface area contributed by atoms with Crippen LogP contribution in [0.4, 0.5) is 5.69 Å². The zero-order valence-electron chi connectivity index (χ0n) is 16.0. The first-order valence-electron chi connectivity index (χ1n) is 9.65. The minimum absolute atomic E-state index is 0.218. The Morgan fingerprint density at radius 2 is 1.88 bits per heavy atom. The van der Waals surface area contributed by atoms with Gasteiger partial charge in [-0.05, 0) is 66.7 Å². The molecule has 1 aliphatic carbocycles. The number of allylic oxidation sites excluding steroid dienone is 2. The molecule has 3 rings (SSSR count). The molecule has 0 bridgehead atoms. The third-order valence-corrected chi connectivity index (χ3v) is 5.93. The van der Waals surface area contributed by atoms with E-state index in [9.17, 15) is 0 Å². The summed E-state index contributed by atoms with van der Waals surface area (Å²) in [5, 5.41) is 3.89. The highest BCUT2D eigenvalue weighted by molar-refractivity contribution is 5.60. The molecular formula is C23H33N.